The van der Waals surface area contributed by atoms with Crippen molar-refractivity contribution in [3.05, 3.63) is 95.6 Å². The molecule has 1 aliphatic carbocycles. The molecular weight excluding hydrogens is 606 g/mol. The van der Waals surface area contributed by atoms with Gasteiger partial charge in [0.05, 0.1) is 25.4 Å². The minimum atomic E-state index is -0.819. The maximum Gasteiger partial charge on any atom is 0.343 e. The molecule has 1 aromatic heterocycles. The van der Waals surface area contributed by atoms with Gasteiger partial charge in [0, 0.05) is 45.1 Å². The van der Waals surface area contributed by atoms with Gasteiger partial charge >= 0.3 is 6.03 Å². The Morgan fingerprint density at radius 1 is 0.870 bits per heavy atom. The van der Waals surface area contributed by atoms with Gasteiger partial charge in [0.25, 0.3) is 0 Å². The highest BCUT2D eigenvalue weighted by atomic mass is 19.1. The molecule has 0 spiro atoms. The van der Waals surface area contributed by atoms with Crippen LogP contribution in [0.5, 0.6) is 5.75 Å². The lowest BCUT2D eigenvalue weighted by Gasteiger charge is -2.28. The Morgan fingerprint density at radius 3 is 2.17 bits per heavy atom. The summed E-state index contributed by atoms with van der Waals surface area (Å²) in [6, 6.07) is 13.5. The first kappa shape index (κ1) is 30.5. The Hall–Kier alpha value is -5.56. The number of hydroxylamine groups is 1. The Kier molecular flexibility index (Phi) is 8.00. The van der Waals surface area contributed by atoms with Gasteiger partial charge in [0.15, 0.2) is 5.75 Å². The second-order valence-corrected chi connectivity index (χ2v) is 10.6. The van der Waals surface area contributed by atoms with E-state index in [1.54, 1.807) is 12.1 Å². The first-order chi connectivity index (χ1) is 22.1. The summed E-state index contributed by atoms with van der Waals surface area (Å²) < 4.78 is 67.5. The largest absolute Gasteiger partial charge is 0.494 e. The highest BCUT2D eigenvalue weighted by Gasteiger charge is 2.36. The van der Waals surface area contributed by atoms with E-state index in [1.807, 2.05) is 0 Å². The number of H-pyrrole nitrogens is 1. The van der Waals surface area contributed by atoms with E-state index in [0.29, 0.717) is 29.4 Å². The number of amides is 3. The highest BCUT2D eigenvalue weighted by molar-refractivity contribution is 6.06. The summed E-state index contributed by atoms with van der Waals surface area (Å²) in [5.41, 5.74) is 8.45. The lowest BCUT2D eigenvalue weighted by atomic mass is 9.98. The molecule has 46 heavy (non-hydrogen) atoms. The molecule has 9 nitrogen and oxygen atoms in total. The lowest BCUT2D eigenvalue weighted by Crippen LogP contribution is -2.27. The number of hydrogen-bond donors (Lipinski definition) is 4. The predicted molar refractivity (Wildman–Crippen MR) is 165 cm³/mol. The molecule has 0 aliphatic heterocycles. The van der Waals surface area contributed by atoms with Crippen molar-refractivity contribution in [1.82, 2.24) is 10.5 Å². The van der Waals surface area contributed by atoms with Gasteiger partial charge in [-0.2, -0.15) is 0 Å². The van der Waals surface area contributed by atoms with Gasteiger partial charge in [0.1, 0.15) is 29.0 Å². The van der Waals surface area contributed by atoms with Crippen LogP contribution in [0, 0.1) is 23.3 Å². The number of ether oxygens (including phenoxy) is 1. The number of hydrogen-bond acceptors (Lipinski definition) is 5. The fourth-order valence-corrected chi connectivity index (χ4v) is 5.51. The van der Waals surface area contributed by atoms with Crippen LogP contribution in [-0.4, -0.2) is 37.2 Å². The van der Waals surface area contributed by atoms with Crippen LogP contribution in [0.1, 0.15) is 23.2 Å². The van der Waals surface area contributed by atoms with Crippen molar-refractivity contribution in [2.24, 2.45) is 5.73 Å². The van der Waals surface area contributed by atoms with Crippen LogP contribution in [-0.2, 0) is 4.84 Å². The van der Waals surface area contributed by atoms with Crippen LogP contribution >= 0.6 is 0 Å². The van der Waals surface area contributed by atoms with Gasteiger partial charge in [-0.1, -0.05) is 12.1 Å². The molecule has 0 radical (unpaired) electrons. The summed E-state index contributed by atoms with van der Waals surface area (Å²) in [5.74, 6) is -3.73. The van der Waals surface area contributed by atoms with E-state index in [1.165, 1.54) is 49.5 Å². The zero-order chi connectivity index (χ0) is 32.7. The molecule has 1 saturated carbocycles. The summed E-state index contributed by atoms with van der Waals surface area (Å²) in [7, 11) is 2.62. The molecule has 0 saturated heterocycles. The van der Waals surface area contributed by atoms with Gasteiger partial charge in [0.2, 0.25) is 5.91 Å². The third-order valence-electron chi connectivity index (χ3n) is 7.66. The topological polar surface area (TPSA) is 122 Å². The van der Waals surface area contributed by atoms with Crippen molar-refractivity contribution in [3.8, 4) is 28.1 Å². The number of para-hydroxylation sites is 1. The minimum absolute atomic E-state index is 0.0295. The SMILES string of the molecule is CONC(=O)Nc1ccc(-c2cc3c(N(c4c(F)cccc4F)C4CC4)cc(-c4ccc(C(N)=O)cc4F)c(OC)c3[nH]2)c(F)c1. The Morgan fingerprint density at radius 2 is 1.57 bits per heavy atom. The van der Waals surface area contributed by atoms with Crippen LogP contribution in [0.2, 0.25) is 0 Å². The molecular formula is C33H27F4N5O4. The van der Waals surface area contributed by atoms with Crippen LogP contribution in [0.3, 0.4) is 0 Å². The summed E-state index contributed by atoms with van der Waals surface area (Å²) in [4.78, 5) is 32.8. The van der Waals surface area contributed by atoms with Crippen molar-refractivity contribution in [1.29, 1.82) is 0 Å². The van der Waals surface area contributed by atoms with Crippen molar-refractivity contribution in [2.75, 3.05) is 24.4 Å². The molecule has 3 amide bonds. The summed E-state index contributed by atoms with van der Waals surface area (Å²) in [5, 5.41) is 2.85. The third-order valence-corrected chi connectivity index (χ3v) is 7.66. The first-order valence-electron chi connectivity index (χ1n) is 14.1. The molecule has 13 heteroatoms. The van der Waals surface area contributed by atoms with Crippen LogP contribution in [0.25, 0.3) is 33.3 Å². The zero-order valence-electron chi connectivity index (χ0n) is 24.5. The smallest absolute Gasteiger partial charge is 0.343 e. The van der Waals surface area contributed by atoms with Crippen LogP contribution in [0.15, 0.2) is 66.7 Å². The van der Waals surface area contributed by atoms with E-state index in [2.05, 4.69) is 20.6 Å². The number of aromatic nitrogens is 1. The Bertz CT molecular complexity index is 1990. The normalized spacial score (nSPS) is 12.7. The molecule has 1 fully saturated rings. The molecule has 1 heterocycles. The van der Waals surface area contributed by atoms with Gasteiger partial charge < -0.3 is 25.7 Å². The molecule has 5 aromatic rings. The maximum absolute atomic E-state index is 15.6. The summed E-state index contributed by atoms with van der Waals surface area (Å²) >= 11 is 0. The van der Waals surface area contributed by atoms with Gasteiger partial charge in [-0.25, -0.2) is 27.8 Å². The monoisotopic (exact) mass is 633 g/mol. The molecule has 0 unspecified atom stereocenters. The fraction of sp³-hybridized carbons (Fsp3) is 0.152. The standard InChI is InChI=1S/C33H27F4N5O4/c1-45-31-21(19-10-6-16(32(38)43)12-25(19)36)15-28(42(18-8-9-18)30-23(34)4-3-5-24(30)35)22-14-27(40-29(22)31)20-11-7-17(13-26(20)37)39-33(44)41-46-2/h3-7,10-15,18,40H,8-9H2,1-2H3,(H2,38,43)(H2,39,41,44). The van der Waals surface area contributed by atoms with E-state index in [4.69, 9.17) is 10.5 Å². The van der Waals surface area contributed by atoms with Crippen molar-refractivity contribution >= 4 is 39.9 Å². The number of nitrogens with zero attached hydrogens (tertiary/aromatic N) is 1. The van der Waals surface area contributed by atoms with Gasteiger partial charge in [-0.3, -0.25) is 9.63 Å². The maximum atomic E-state index is 15.6. The first-order valence-corrected chi connectivity index (χ1v) is 14.1. The quantitative estimate of drug-likeness (QED) is 0.102. The van der Waals surface area contributed by atoms with E-state index in [-0.39, 0.29) is 51.1 Å². The number of carbonyl (C=O) groups excluding carboxylic acids is 2. The number of halogens is 4. The number of aromatic amines is 1. The molecule has 5 N–H and O–H groups in total. The Labute approximate surface area is 259 Å². The van der Waals surface area contributed by atoms with Gasteiger partial charge in [-0.05, 0) is 67.4 Å². The van der Waals surface area contributed by atoms with E-state index in [9.17, 15) is 9.59 Å². The van der Waals surface area contributed by atoms with E-state index >= 15 is 17.6 Å². The molecule has 0 bridgehead atoms. The van der Waals surface area contributed by atoms with Gasteiger partial charge in [-0.15, -0.1) is 0 Å². The number of carbonyl (C=O) groups is 2. The highest BCUT2D eigenvalue weighted by Crippen LogP contribution is 2.49. The van der Waals surface area contributed by atoms with Crippen LogP contribution < -0.4 is 26.2 Å². The second kappa shape index (κ2) is 12.1. The number of anilines is 3. The number of benzene rings is 4. The third kappa shape index (κ3) is 5.56. The summed E-state index contributed by atoms with van der Waals surface area (Å²) in [6.45, 7) is 0. The number of nitrogens with two attached hydrogens (primary N) is 1. The molecule has 4 aromatic carbocycles. The van der Waals surface area contributed by atoms with E-state index in [0.717, 1.165) is 24.3 Å². The van der Waals surface area contributed by atoms with Crippen molar-refractivity contribution in [2.45, 2.75) is 18.9 Å². The molecule has 236 valence electrons. The van der Waals surface area contributed by atoms with Crippen molar-refractivity contribution < 1.29 is 36.7 Å². The number of fused-ring (bicyclic) bond motifs is 1. The molecule has 6 rings (SSSR count). The van der Waals surface area contributed by atoms with Crippen molar-refractivity contribution in [3.63, 3.8) is 0 Å². The average Bonchev–Trinajstić information content (AvgIpc) is 3.75. The average molecular weight is 634 g/mol. The Balaban J connectivity index is 1.60. The second-order valence-electron chi connectivity index (χ2n) is 10.6. The lowest BCUT2D eigenvalue weighted by molar-refractivity contribution is 0.0999. The fourth-order valence-electron chi connectivity index (χ4n) is 5.51. The van der Waals surface area contributed by atoms with E-state index < -0.39 is 35.2 Å². The molecule has 1 aliphatic rings. The predicted octanol–water partition coefficient (Wildman–Crippen LogP) is 7.15. The molecule has 0 atom stereocenters. The van der Waals surface area contributed by atoms with Crippen LogP contribution in [0.4, 0.5) is 39.4 Å². The number of nitrogens with one attached hydrogen (secondary N) is 3. The summed E-state index contributed by atoms with van der Waals surface area (Å²) in [6.07, 6.45) is 1.27. The zero-order valence-corrected chi connectivity index (χ0v) is 24.5. The number of methoxy groups -OCH3 is 1. The number of urea groups is 1. The minimum Gasteiger partial charge on any atom is -0.494 e. The number of rotatable bonds is 9. The number of primary amides is 1.